The van der Waals surface area contributed by atoms with Crippen molar-refractivity contribution < 1.29 is 13.6 Å². The predicted molar refractivity (Wildman–Crippen MR) is 109 cm³/mol. The summed E-state index contributed by atoms with van der Waals surface area (Å²) < 4.78 is 29.5. The van der Waals surface area contributed by atoms with Crippen molar-refractivity contribution >= 4 is 5.91 Å². The molecule has 0 aliphatic heterocycles. The molecule has 5 atom stereocenters. The van der Waals surface area contributed by atoms with Gasteiger partial charge in [0, 0.05) is 23.6 Å². The molecule has 3 saturated carbocycles. The zero-order valence-corrected chi connectivity index (χ0v) is 17.6. The van der Waals surface area contributed by atoms with Crippen LogP contribution in [0.15, 0.2) is 18.2 Å². The number of nitrogens with zero attached hydrogens (tertiary/aromatic N) is 2. The van der Waals surface area contributed by atoms with Gasteiger partial charge in [-0.05, 0) is 66.9 Å². The Morgan fingerprint density at radius 1 is 1.27 bits per heavy atom. The van der Waals surface area contributed by atoms with E-state index in [1.54, 1.807) is 4.68 Å². The molecule has 0 spiro atoms. The normalized spacial score (nSPS) is 34.7. The summed E-state index contributed by atoms with van der Waals surface area (Å²) in [6.07, 6.45) is 5.40. The van der Waals surface area contributed by atoms with Gasteiger partial charge in [0.2, 0.25) is 0 Å². The largest absolute Gasteiger partial charge is 0.347 e. The van der Waals surface area contributed by atoms with Crippen molar-refractivity contribution in [3.05, 3.63) is 46.8 Å². The summed E-state index contributed by atoms with van der Waals surface area (Å²) in [5.74, 6) is 0.0654. The highest BCUT2D eigenvalue weighted by atomic mass is 19.1. The topological polar surface area (TPSA) is 46.9 Å². The summed E-state index contributed by atoms with van der Waals surface area (Å²) in [7, 11) is 0. The van der Waals surface area contributed by atoms with Crippen molar-refractivity contribution in [1.82, 2.24) is 15.1 Å². The number of aromatic nitrogens is 2. The quantitative estimate of drug-likeness (QED) is 0.792. The van der Waals surface area contributed by atoms with Crippen molar-refractivity contribution in [2.24, 2.45) is 22.7 Å². The second kappa shape index (κ2) is 5.71. The number of carbonyl (C=O) groups is 1. The Balaban J connectivity index is 1.38. The van der Waals surface area contributed by atoms with Crippen LogP contribution >= 0.6 is 0 Å². The van der Waals surface area contributed by atoms with E-state index in [1.165, 1.54) is 18.6 Å². The Bertz CT molecular complexity index is 1090. The first-order chi connectivity index (χ1) is 14.2. The lowest BCUT2D eigenvalue weighted by Gasteiger charge is -2.43. The fourth-order valence-corrected chi connectivity index (χ4v) is 7.00. The number of nitrogens with one attached hydrogen (secondary N) is 1. The summed E-state index contributed by atoms with van der Waals surface area (Å²) in [5, 5.41) is 7.92. The van der Waals surface area contributed by atoms with E-state index in [0.717, 1.165) is 43.0 Å². The van der Waals surface area contributed by atoms with Gasteiger partial charge in [-0.3, -0.25) is 4.79 Å². The van der Waals surface area contributed by atoms with Crippen LogP contribution in [-0.4, -0.2) is 21.7 Å². The smallest absolute Gasteiger partial charge is 0.272 e. The van der Waals surface area contributed by atoms with Crippen molar-refractivity contribution in [3.8, 4) is 5.69 Å². The first kappa shape index (κ1) is 18.5. The molecule has 1 aromatic heterocycles. The SMILES string of the molecule is CC1(C)[C@H]2CC[C@](C)(C2)[C@H]1NC(=O)c1nn(-c2ccc(F)cc2F)c2c1C[C@H]1C[C@@H]21. The molecule has 6 rings (SSSR count). The fourth-order valence-electron chi connectivity index (χ4n) is 7.00. The number of fused-ring (bicyclic) bond motifs is 5. The van der Waals surface area contributed by atoms with Crippen LogP contribution < -0.4 is 5.32 Å². The monoisotopic (exact) mass is 411 g/mol. The molecule has 158 valence electrons. The summed E-state index contributed by atoms with van der Waals surface area (Å²) in [5.41, 5.74) is 2.70. The summed E-state index contributed by atoms with van der Waals surface area (Å²) in [6, 6.07) is 3.64. The Kier molecular flexibility index (Phi) is 3.53. The predicted octanol–water partition coefficient (Wildman–Crippen LogP) is 4.75. The lowest BCUT2D eigenvalue weighted by molar-refractivity contribution is 0.0732. The van der Waals surface area contributed by atoms with Crippen LogP contribution in [-0.2, 0) is 6.42 Å². The van der Waals surface area contributed by atoms with Gasteiger partial charge in [-0.1, -0.05) is 20.8 Å². The zero-order valence-electron chi connectivity index (χ0n) is 17.6. The number of hydrogen-bond donors (Lipinski definition) is 1. The Morgan fingerprint density at radius 3 is 2.77 bits per heavy atom. The van der Waals surface area contributed by atoms with Crippen molar-refractivity contribution in [2.45, 2.75) is 64.8 Å². The van der Waals surface area contributed by atoms with Gasteiger partial charge in [-0.2, -0.15) is 5.10 Å². The maximum atomic E-state index is 14.5. The van der Waals surface area contributed by atoms with E-state index in [-0.39, 0.29) is 28.5 Å². The summed E-state index contributed by atoms with van der Waals surface area (Å²) in [4.78, 5) is 13.4. The average Bonchev–Trinajstić information content (AvgIpc) is 2.98. The minimum Gasteiger partial charge on any atom is -0.347 e. The van der Waals surface area contributed by atoms with Crippen LogP contribution in [0.4, 0.5) is 8.78 Å². The lowest BCUT2D eigenvalue weighted by atomic mass is 9.68. The minimum absolute atomic E-state index is 0.0552. The molecule has 4 nitrogen and oxygen atoms in total. The molecule has 1 N–H and O–H groups in total. The number of hydrogen-bond acceptors (Lipinski definition) is 2. The van der Waals surface area contributed by atoms with E-state index in [4.69, 9.17) is 0 Å². The number of benzene rings is 1. The third-order valence-electron chi connectivity index (χ3n) is 8.66. The summed E-state index contributed by atoms with van der Waals surface area (Å²) >= 11 is 0. The van der Waals surface area contributed by atoms with E-state index < -0.39 is 11.6 Å². The van der Waals surface area contributed by atoms with Gasteiger partial charge in [-0.15, -0.1) is 0 Å². The molecule has 0 radical (unpaired) electrons. The molecule has 0 saturated heterocycles. The molecule has 4 aliphatic rings. The van der Waals surface area contributed by atoms with Crippen molar-refractivity contribution in [1.29, 1.82) is 0 Å². The third-order valence-corrected chi connectivity index (χ3v) is 8.66. The van der Waals surface area contributed by atoms with E-state index in [2.05, 4.69) is 31.2 Å². The van der Waals surface area contributed by atoms with Crippen LogP contribution in [0.3, 0.4) is 0 Å². The molecule has 2 bridgehead atoms. The molecule has 4 aliphatic carbocycles. The first-order valence-electron chi connectivity index (χ1n) is 11.1. The minimum atomic E-state index is -0.655. The van der Waals surface area contributed by atoms with Crippen molar-refractivity contribution in [2.75, 3.05) is 0 Å². The standard InChI is InChI=1S/C24H27F2N3O/c1-23(2)13-6-7-24(3,11-13)22(23)27-21(30)19-16-9-12-8-15(12)20(16)29(28-19)18-5-4-14(25)10-17(18)26/h4-5,10,12-13,15,22H,6-9,11H2,1-3H3,(H,27,30)/t12-,13+,15-,22+,24-/m1/s1. The molecule has 2 aromatic rings. The fraction of sp³-hybridized carbons (Fsp3) is 0.583. The molecule has 3 fully saturated rings. The maximum absolute atomic E-state index is 14.5. The lowest BCUT2D eigenvalue weighted by Crippen LogP contribution is -2.52. The molecule has 1 aromatic carbocycles. The highest BCUT2D eigenvalue weighted by Gasteiger charge is 2.60. The van der Waals surface area contributed by atoms with Gasteiger partial charge in [0.1, 0.15) is 11.5 Å². The molecule has 6 heteroatoms. The van der Waals surface area contributed by atoms with E-state index in [0.29, 0.717) is 23.4 Å². The van der Waals surface area contributed by atoms with Gasteiger partial charge in [0.25, 0.3) is 5.91 Å². The zero-order chi connectivity index (χ0) is 21.0. The molecule has 1 heterocycles. The molecular formula is C24H27F2N3O. The molecule has 1 amide bonds. The molecule has 30 heavy (non-hydrogen) atoms. The van der Waals surface area contributed by atoms with Gasteiger partial charge < -0.3 is 5.32 Å². The Morgan fingerprint density at radius 2 is 2.07 bits per heavy atom. The number of halogens is 2. The van der Waals surface area contributed by atoms with Crippen LogP contribution in [0.25, 0.3) is 5.69 Å². The highest BCUT2D eigenvalue weighted by molar-refractivity contribution is 5.95. The van der Waals surface area contributed by atoms with Crippen LogP contribution in [0.1, 0.15) is 74.1 Å². The van der Waals surface area contributed by atoms with Gasteiger partial charge >= 0.3 is 0 Å². The van der Waals surface area contributed by atoms with Crippen LogP contribution in [0.5, 0.6) is 0 Å². The maximum Gasteiger partial charge on any atom is 0.272 e. The third kappa shape index (κ3) is 2.36. The van der Waals surface area contributed by atoms with Crippen LogP contribution in [0, 0.1) is 34.3 Å². The number of rotatable bonds is 3. The Labute approximate surface area is 175 Å². The van der Waals surface area contributed by atoms with Gasteiger partial charge in [0.15, 0.2) is 11.5 Å². The Hall–Kier alpha value is -2.24. The van der Waals surface area contributed by atoms with E-state index >= 15 is 0 Å². The number of carbonyl (C=O) groups excluding carboxylic acids is 1. The van der Waals surface area contributed by atoms with Gasteiger partial charge in [-0.25, -0.2) is 13.5 Å². The molecular weight excluding hydrogens is 384 g/mol. The number of amides is 1. The second-order valence-corrected chi connectivity index (χ2v) is 10.8. The van der Waals surface area contributed by atoms with Crippen molar-refractivity contribution in [3.63, 3.8) is 0 Å². The second-order valence-electron chi connectivity index (χ2n) is 10.8. The highest BCUT2D eigenvalue weighted by Crippen LogP contribution is 2.62. The first-order valence-corrected chi connectivity index (χ1v) is 11.1. The van der Waals surface area contributed by atoms with Gasteiger partial charge in [0.05, 0.1) is 5.69 Å². The molecule has 0 unspecified atom stereocenters. The summed E-state index contributed by atoms with van der Waals surface area (Å²) in [6.45, 7) is 6.82. The van der Waals surface area contributed by atoms with E-state index in [1.807, 2.05) is 0 Å². The van der Waals surface area contributed by atoms with E-state index in [9.17, 15) is 13.6 Å². The average molecular weight is 411 g/mol. The van der Waals surface area contributed by atoms with Crippen LogP contribution in [0.2, 0.25) is 0 Å².